The molecule has 0 bridgehead atoms. The van der Waals surface area contributed by atoms with Crippen molar-refractivity contribution in [3.8, 4) is 0 Å². The monoisotopic (exact) mass is 235 g/mol. The van der Waals surface area contributed by atoms with Gasteiger partial charge in [-0.25, -0.2) is 14.8 Å². The lowest BCUT2D eigenvalue weighted by atomic mass is 10.2. The van der Waals surface area contributed by atoms with E-state index in [1.165, 1.54) is 6.33 Å². The van der Waals surface area contributed by atoms with E-state index in [2.05, 4.69) is 15.3 Å². The van der Waals surface area contributed by atoms with Gasteiger partial charge in [-0.15, -0.1) is 0 Å². The SMILES string of the molecule is CC(C)(C)OC(=O)NCC=Cc1cncnc1. The van der Waals surface area contributed by atoms with Gasteiger partial charge in [0, 0.05) is 24.5 Å². The van der Waals surface area contributed by atoms with Crippen LogP contribution in [-0.2, 0) is 4.74 Å². The lowest BCUT2D eigenvalue weighted by molar-refractivity contribution is 0.0534. The number of amides is 1. The second kappa shape index (κ2) is 5.98. The van der Waals surface area contributed by atoms with Crippen LogP contribution in [0.15, 0.2) is 24.8 Å². The highest BCUT2D eigenvalue weighted by molar-refractivity contribution is 5.68. The van der Waals surface area contributed by atoms with E-state index >= 15 is 0 Å². The molecule has 17 heavy (non-hydrogen) atoms. The Morgan fingerprint density at radius 2 is 2.06 bits per heavy atom. The average molecular weight is 235 g/mol. The van der Waals surface area contributed by atoms with Crippen molar-refractivity contribution in [2.45, 2.75) is 26.4 Å². The van der Waals surface area contributed by atoms with Gasteiger partial charge in [-0.1, -0.05) is 12.2 Å². The van der Waals surface area contributed by atoms with Crippen molar-refractivity contribution in [2.75, 3.05) is 6.54 Å². The molecule has 0 fully saturated rings. The zero-order valence-corrected chi connectivity index (χ0v) is 10.3. The van der Waals surface area contributed by atoms with Gasteiger partial charge in [-0.05, 0) is 20.8 Å². The molecule has 1 aromatic rings. The predicted octanol–water partition coefficient (Wildman–Crippen LogP) is 2.01. The van der Waals surface area contributed by atoms with Crippen LogP contribution in [-0.4, -0.2) is 28.2 Å². The van der Waals surface area contributed by atoms with E-state index in [1.54, 1.807) is 12.4 Å². The molecule has 0 saturated carbocycles. The average Bonchev–Trinajstić information content (AvgIpc) is 2.23. The number of hydrogen-bond acceptors (Lipinski definition) is 4. The Labute approximate surface area is 101 Å². The van der Waals surface area contributed by atoms with E-state index in [-0.39, 0.29) is 0 Å². The van der Waals surface area contributed by atoms with Gasteiger partial charge < -0.3 is 10.1 Å². The Balaban J connectivity index is 2.29. The first-order chi connectivity index (χ1) is 7.97. The Bertz CT molecular complexity index is 382. The van der Waals surface area contributed by atoms with Gasteiger partial charge in [0.15, 0.2) is 0 Å². The molecule has 0 aliphatic rings. The highest BCUT2D eigenvalue weighted by atomic mass is 16.6. The van der Waals surface area contributed by atoms with Crippen molar-refractivity contribution in [1.82, 2.24) is 15.3 Å². The summed E-state index contributed by atoms with van der Waals surface area (Å²) in [5.74, 6) is 0. The van der Waals surface area contributed by atoms with Gasteiger partial charge in [0.05, 0.1) is 0 Å². The number of carbonyl (C=O) groups excluding carboxylic acids is 1. The highest BCUT2D eigenvalue weighted by Crippen LogP contribution is 2.06. The predicted molar refractivity (Wildman–Crippen MR) is 65.3 cm³/mol. The molecular weight excluding hydrogens is 218 g/mol. The molecule has 5 nitrogen and oxygen atoms in total. The van der Waals surface area contributed by atoms with E-state index in [0.717, 1.165) is 5.56 Å². The molecule has 1 rings (SSSR count). The minimum Gasteiger partial charge on any atom is -0.444 e. The van der Waals surface area contributed by atoms with Gasteiger partial charge in [-0.3, -0.25) is 0 Å². The first kappa shape index (κ1) is 13.2. The lowest BCUT2D eigenvalue weighted by Gasteiger charge is -2.19. The molecular formula is C12H17N3O2. The number of ether oxygens (including phenoxy) is 1. The Hall–Kier alpha value is -1.91. The number of hydrogen-bond donors (Lipinski definition) is 1. The van der Waals surface area contributed by atoms with Gasteiger partial charge in [0.1, 0.15) is 11.9 Å². The fourth-order valence-electron chi connectivity index (χ4n) is 1.05. The van der Waals surface area contributed by atoms with Crippen molar-refractivity contribution >= 4 is 12.2 Å². The number of nitrogens with zero attached hydrogens (tertiary/aromatic N) is 2. The second-order valence-corrected chi connectivity index (χ2v) is 4.46. The quantitative estimate of drug-likeness (QED) is 0.870. The summed E-state index contributed by atoms with van der Waals surface area (Å²) in [4.78, 5) is 19.0. The van der Waals surface area contributed by atoms with E-state index in [0.29, 0.717) is 6.54 Å². The number of aromatic nitrogens is 2. The molecule has 1 aromatic heterocycles. The Morgan fingerprint density at radius 1 is 1.41 bits per heavy atom. The molecule has 1 N–H and O–H groups in total. The Morgan fingerprint density at radius 3 is 2.65 bits per heavy atom. The third-order valence-corrected chi connectivity index (χ3v) is 1.65. The molecule has 5 heteroatoms. The number of alkyl carbamates (subject to hydrolysis) is 1. The highest BCUT2D eigenvalue weighted by Gasteiger charge is 2.14. The van der Waals surface area contributed by atoms with Crippen LogP contribution < -0.4 is 5.32 Å². The van der Waals surface area contributed by atoms with Crippen molar-refractivity contribution in [3.63, 3.8) is 0 Å². The van der Waals surface area contributed by atoms with Crippen molar-refractivity contribution < 1.29 is 9.53 Å². The van der Waals surface area contributed by atoms with E-state index < -0.39 is 11.7 Å². The van der Waals surface area contributed by atoms with Gasteiger partial charge in [0.2, 0.25) is 0 Å². The summed E-state index contributed by atoms with van der Waals surface area (Å²) in [6.07, 6.45) is 8.07. The second-order valence-electron chi connectivity index (χ2n) is 4.46. The first-order valence-electron chi connectivity index (χ1n) is 5.36. The standard InChI is InChI=1S/C12H17N3O2/c1-12(2,3)17-11(16)15-6-4-5-10-7-13-9-14-8-10/h4-5,7-9H,6H2,1-3H3,(H,15,16). The zero-order chi connectivity index (χ0) is 12.7. The fraction of sp³-hybridized carbons (Fsp3) is 0.417. The van der Waals surface area contributed by atoms with Gasteiger partial charge in [0.25, 0.3) is 0 Å². The smallest absolute Gasteiger partial charge is 0.407 e. The van der Waals surface area contributed by atoms with Crippen molar-refractivity contribution in [2.24, 2.45) is 0 Å². The summed E-state index contributed by atoms with van der Waals surface area (Å²) >= 11 is 0. The number of nitrogens with one attached hydrogen (secondary N) is 1. The van der Waals surface area contributed by atoms with E-state index in [9.17, 15) is 4.79 Å². The summed E-state index contributed by atoms with van der Waals surface area (Å²) in [5.41, 5.74) is 0.416. The first-order valence-corrected chi connectivity index (χ1v) is 5.36. The molecule has 0 atom stereocenters. The molecule has 0 unspecified atom stereocenters. The summed E-state index contributed by atoms with van der Waals surface area (Å²) in [5, 5.41) is 2.62. The molecule has 0 aliphatic carbocycles. The lowest BCUT2D eigenvalue weighted by Crippen LogP contribution is -2.32. The maximum atomic E-state index is 11.3. The molecule has 0 radical (unpaired) electrons. The van der Waals surface area contributed by atoms with Gasteiger partial charge >= 0.3 is 6.09 Å². The van der Waals surface area contributed by atoms with E-state index in [1.807, 2.05) is 32.9 Å². The summed E-state index contributed by atoms with van der Waals surface area (Å²) < 4.78 is 5.08. The van der Waals surface area contributed by atoms with Crippen LogP contribution in [0.2, 0.25) is 0 Å². The minimum atomic E-state index is -0.471. The number of carbonyl (C=O) groups is 1. The van der Waals surface area contributed by atoms with Crippen LogP contribution in [0.3, 0.4) is 0 Å². The van der Waals surface area contributed by atoms with Crippen molar-refractivity contribution in [1.29, 1.82) is 0 Å². The maximum Gasteiger partial charge on any atom is 0.407 e. The van der Waals surface area contributed by atoms with Crippen LogP contribution in [0, 0.1) is 0 Å². The molecule has 1 amide bonds. The molecule has 92 valence electrons. The zero-order valence-electron chi connectivity index (χ0n) is 10.3. The molecule has 0 saturated heterocycles. The topological polar surface area (TPSA) is 64.1 Å². The normalized spacial score (nSPS) is 11.5. The minimum absolute atomic E-state index is 0.407. The number of rotatable bonds is 3. The largest absolute Gasteiger partial charge is 0.444 e. The summed E-state index contributed by atoms with van der Waals surface area (Å²) in [6.45, 7) is 5.88. The molecule has 0 aromatic carbocycles. The summed E-state index contributed by atoms with van der Waals surface area (Å²) in [7, 11) is 0. The van der Waals surface area contributed by atoms with E-state index in [4.69, 9.17) is 4.74 Å². The Kier molecular flexibility index (Phi) is 4.63. The van der Waals surface area contributed by atoms with Crippen LogP contribution in [0.4, 0.5) is 4.79 Å². The van der Waals surface area contributed by atoms with Crippen molar-refractivity contribution in [3.05, 3.63) is 30.4 Å². The van der Waals surface area contributed by atoms with Crippen LogP contribution in [0.1, 0.15) is 26.3 Å². The maximum absolute atomic E-state index is 11.3. The van der Waals surface area contributed by atoms with Crippen LogP contribution in [0.5, 0.6) is 0 Å². The third-order valence-electron chi connectivity index (χ3n) is 1.65. The fourth-order valence-corrected chi connectivity index (χ4v) is 1.05. The third kappa shape index (κ3) is 6.29. The van der Waals surface area contributed by atoms with Gasteiger partial charge in [-0.2, -0.15) is 0 Å². The van der Waals surface area contributed by atoms with Crippen LogP contribution in [0.25, 0.3) is 6.08 Å². The summed E-state index contributed by atoms with van der Waals surface area (Å²) in [6, 6.07) is 0. The molecule has 0 aliphatic heterocycles. The molecule has 1 heterocycles. The molecule has 0 spiro atoms. The van der Waals surface area contributed by atoms with Crippen LogP contribution >= 0.6 is 0 Å².